The highest BCUT2D eigenvalue weighted by Gasteiger charge is 2.23. The minimum Gasteiger partial charge on any atom is -0.381 e. The third kappa shape index (κ3) is 6.11. The number of hydrogen-bond acceptors (Lipinski definition) is 3. The first kappa shape index (κ1) is 16.3. The Morgan fingerprint density at radius 2 is 2.15 bits per heavy atom. The highest BCUT2D eigenvalue weighted by Crippen LogP contribution is 2.28. The lowest BCUT2D eigenvalue weighted by atomic mass is 9.91. The molecule has 1 saturated carbocycles. The second-order valence-corrected chi connectivity index (χ2v) is 6.82. The van der Waals surface area contributed by atoms with Crippen LogP contribution in [0.2, 0.25) is 0 Å². The normalized spacial score (nSPS) is 25.8. The van der Waals surface area contributed by atoms with Gasteiger partial charge in [0.15, 0.2) is 0 Å². The average molecular weight is 282 g/mol. The lowest BCUT2D eigenvalue weighted by molar-refractivity contribution is 0.118. The van der Waals surface area contributed by atoms with Crippen molar-refractivity contribution in [2.75, 3.05) is 39.4 Å². The number of hydrogen-bond donors (Lipinski definition) is 1. The molecule has 1 aliphatic heterocycles. The third-order valence-corrected chi connectivity index (χ3v) is 4.77. The molecule has 0 amide bonds. The molecule has 1 heterocycles. The van der Waals surface area contributed by atoms with Crippen LogP contribution in [-0.2, 0) is 4.74 Å². The van der Waals surface area contributed by atoms with Crippen LogP contribution in [0.25, 0.3) is 0 Å². The van der Waals surface area contributed by atoms with Crippen molar-refractivity contribution in [3.05, 3.63) is 0 Å². The Morgan fingerprint density at radius 1 is 1.30 bits per heavy atom. The molecule has 1 aliphatic carbocycles. The number of ether oxygens (including phenoxy) is 1. The average Bonchev–Trinajstić information content (AvgIpc) is 3.27. The van der Waals surface area contributed by atoms with Crippen molar-refractivity contribution in [2.45, 2.75) is 58.4 Å². The molecule has 1 saturated heterocycles. The maximum Gasteiger partial charge on any atom is 0.0494 e. The van der Waals surface area contributed by atoms with Crippen molar-refractivity contribution in [2.24, 2.45) is 11.8 Å². The quantitative estimate of drug-likeness (QED) is 0.624. The minimum atomic E-state index is 0.651. The van der Waals surface area contributed by atoms with Gasteiger partial charge in [0.25, 0.3) is 0 Å². The fraction of sp³-hybridized carbons (Fsp3) is 1.00. The van der Waals surface area contributed by atoms with Gasteiger partial charge in [-0.15, -0.1) is 0 Å². The lowest BCUT2D eigenvalue weighted by Crippen LogP contribution is -2.44. The van der Waals surface area contributed by atoms with Crippen molar-refractivity contribution >= 4 is 0 Å². The van der Waals surface area contributed by atoms with E-state index in [-0.39, 0.29) is 0 Å². The maximum atomic E-state index is 5.69. The molecule has 2 fully saturated rings. The molecule has 2 aliphatic rings. The van der Waals surface area contributed by atoms with Crippen LogP contribution in [0, 0.1) is 11.8 Å². The third-order valence-electron chi connectivity index (χ3n) is 4.77. The molecule has 0 aromatic heterocycles. The van der Waals surface area contributed by atoms with E-state index in [1.165, 1.54) is 51.7 Å². The first-order chi connectivity index (χ1) is 9.79. The Labute approximate surface area is 125 Å². The van der Waals surface area contributed by atoms with Crippen molar-refractivity contribution < 1.29 is 4.74 Å². The molecule has 0 aromatic carbocycles. The van der Waals surface area contributed by atoms with Crippen molar-refractivity contribution in [1.29, 1.82) is 0 Å². The largest absolute Gasteiger partial charge is 0.381 e. The van der Waals surface area contributed by atoms with Gasteiger partial charge in [-0.1, -0.05) is 6.92 Å². The molecule has 2 unspecified atom stereocenters. The summed E-state index contributed by atoms with van der Waals surface area (Å²) in [6.07, 6.45) is 8.00. The van der Waals surface area contributed by atoms with Crippen molar-refractivity contribution in [3.8, 4) is 0 Å². The van der Waals surface area contributed by atoms with Gasteiger partial charge >= 0.3 is 0 Å². The van der Waals surface area contributed by atoms with Crippen LogP contribution in [0.1, 0.15) is 52.4 Å². The summed E-state index contributed by atoms with van der Waals surface area (Å²) in [5, 5.41) is 3.71. The smallest absolute Gasteiger partial charge is 0.0494 e. The van der Waals surface area contributed by atoms with Crippen LogP contribution in [0.3, 0.4) is 0 Å². The number of likely N-dealkylation sites (tertiary alicyclic amines) is 1. The van der Waals surface area contributed by atoms with E-state index in [4.69, 9.17) is 4.74 Å². The molecule has 118 valence electrons. The van der Waals surface area contributed by atoms with Gasteiger partial charge in [-0.05, 0) is 76.9 Å². The van der Waals surface area contributed by atoms with E-state index in [9.17, 15) is 0 Å². The zero-order valence-corrected chi connectivity index (χ0v) is 13.6. The Morgan fingerprint density at radius 3 is 2.90 bits per heavy atom. The first-order valence-electron chi connectivity index (χ1n) is 8.83. The van der Waals surface area contributed by atoms with Crippen LogP contribution >= 0.6 is 0 Å². The van der Waals surface area contributed by atoms with Crippen molar-refractivity contribution in [3.63, 3.8) is 0 Å². The van der Waals surface area contributed by atoms with E-state index in [0.717, 1.165) is 38.0 Å². The van der Waals surface area contributed by atoms with Gasteiger partial charge in [-0.3, -0.25) is 0 Å². The Hall–Kier alpha value is -0.120. The molecular weight excluding hydrogens is 248 g/mol. The van der Waals surface area contributed by atoms with E-state index < -0.39 is 0 Å². The minimum absolute atomic E-state index is 0.651. The van der Waals surface area contributed by atoms with Crippen LogP contribution < -0.4 is 5.32 Å². The van der Waals surface area contributed by atoms with E-state index >= 15 is 0 Å². The first-order valence-corrected chi connectivity index (χ1v) is 8.83. The molecule has 2 rings (SSSR count). The Balaban J connectivity index is 1.50. The van der Waals surface area contributed by atoms with Gasteiger partial charge in [0, 0.05) is 25.8 Å². The summed E-state index contributed by atoms with van der Waals surface area (Å²) in [5.41, 5.74) is 0. The van der Waals surface area contributed by atoms with Crippen LogP contribution in [0.5, 0.6) is 0 Å². The molecule has 0 radical (unpaired) electrons. The zero-order valence-electron chi connectivity index (χ0n) is 13.6. The van der Waals surface area contributed by atoms with Crippen LogP contribution in [-0.4, -0.2) is 50.3 Å². The Kier molecular flexibility index (Phi) is 7.32. The van der Waals surface area contributed by atoms with E-state index in [2.05, 4.69) is 24.1 Å². The molecule has 20 heavy (non-hydrogen) atoms. The van der Waals surface area contributed by atoms with Crippen LogP contribution in [0.4, 0.5) is 0 Å². The molecule has 3 heteroatoms. The summed E-state index contributed by atoms with van der Waals surface area (Å²) in [6.45, 7) is 11.6. The van der Waals surface area contributed by atoms with Gasteiger partial charge in [0.2, 0.25) is 0 Å². The summed E-state index contributed by atoms with van der Waals surface area (Å²) in [6, 6.07) is 0.651. The number of nitrogens with zero attached hydrogens (tertiary/aromatic N) is 1. The maximum absolute atomic E-state index is 5.69. The predicted molar refractivity (Wildman–Crippen MR) is 85.1 cm³/mol. The monoisotopic (exact) mass is 282 g/mol. The second-order valence-electron chi connectivity index (χ2n) is 6.82. The summed E-state index contributed by atoms with van der Waals surface area (Å²) in [4.78, 5) is 2.64. The van der Waals surface area contributed by atoms with Gasteiger partial charge in [0.05, 0.1) is 0 Å². The van der Waals surface area contributed by atoms with E-state index in [1.807, 2.05) is 0 Å². The molecule has 0 spiro atoms. The summed E-state index contributed by atoms with van der Waals surface area (Å²) < 4.78 is 5.69. The van der Waals surface area contributed by atoms with Gasteiger partial charge in [-0.2, -0.15) is 0 Å². The highest BCUT2D eigenvalue weighted by molar-refractivity contribution is 4.80. The number of nitrogens with one attached hydrogen (secondary N) is 1. The summed E-state index contributed by atoms with van der Waals surface area (Å²) >= 11 is 0. The second kappa shape index (κ2) is 9.01. The SMILES string of the molecule is CCCN1CCCC(C(C)NCCCOCC2CC2)C1. The summed E-state index contributed by atoms with van der Waals surface area (Å²) in [5.74, 6) is 1.73. The van der Waals surface area contributed by atoms with Gasteiger partial charge < -0.3 is 15.0 Å². The van der Waals surface area contributed by atoms with E-state index in [1.54, 1.807) is 0 Å². The fourth-order valence-corrected chi connectivity index (χ4v) is 3.22. The molecule has 1 N–H and O–H groups in total. The van der Waals surface area contributed by atoms with Crippen LogP contribution in [0.15, 0.2) is 0 Å². The highest BCUT2D eigenvalue weighted by atomic mass is 16.5. The van der Waals surface area contributed by atoms with E-state index in [0.29, 0.717) is 6.04 Å². The fourth-order valence-electron chi connectivity index (χ4n) is 3.22. The Bertz CT molecular complexity index is 253. The topological polar surface area (TPSA) is 24.5 Å². The molecule has 0 aromatic rings. The van der Waals surface area contributed by atoms with Gasteiger partial charge in [-0.25, -0.2) is 0 Å². The molecule has 2 atom stereocenters. The molecular formula is C17H34N2O. The molecule has 3 nitrogen and oxygen atoms in total. The van der Waals surface area contributed by atoms with Crippen molar-refractivity contribution in [1.82, 2.24) is 10.2 Å². The number of rotatable bonds is 10. The summed E-state index contributed by atoms with van der Waals surface area (Å²) in [7, 11) is 0. The number of piperidine rings is 1. The van der Waals surface area contributed by atoms with Gasteiger partial charge in [0.1, 0.15) is 0 Å². The molecule has 0 bridgehead atoms. The standard InChI is InChI=1S/C17H34N2O/c1-3-10-19-11-4-6-17(13-19)15(2)18-9-5-12-20-14-16-7-8-16/h15-18H,3-14H2,1-2H3. The lowest BCUT2D eigenvalue weighted by Gasteiger charge is -2.36. The predicted octanol–water partition coefficient (Wildman–Crippen LogP) is 2.90. The zero-order chi connectivity index (χ0) is 14.2.